The number of carboxylic acids is 1. The van der Waals surface area contributed by atoms with Gasteiger partial charge in [-0.05, 0) is 13.8 Å². The number of fused-ring (bicyclic) bond motifs is 1. The van der Waals surface area contributed by atoms with Gasteiger partial charge in [-0.3, -0.25) is 15.3 Å². The maximum atomic E-state index is 12.0. The Morgan fingerprint density at radius 3 is 2.50 bits per heavy atom. The summed E-state index contributed by atoms with van der Waals surface area (Å²) in [5.41, 5.74) is 4.03. The molecule has 1 amide bonds. The van der Waals surface area contributed by atoms with Crippen molar-refractivity contribution < 1.29 is 24.2 Å². The van der Waals surface area contributed by atoms with Crippen molar-refractivity contribution in [2.45, 2.75) is 42.7 Å². The number of nitrogens with zero attached hydrogens (tertiary/aromatic N) is 1. The number of ether oxygens (including phenoxy) is 1. The molecule has 2 saturated heterocycles. The molecule has 0 saturated carbocycles. The molecule has 2 heterocycles. The average molecular weight is 274 g/mol. The van der Waals surface area contributed by atoms with Crippen LogP contribution < -0.4 is 5.73 Å². The molecule has 2 rings (SSSR count). The Morgan fingerprint density at radius 1 is 1.50 bits per heavy atom. The highest BCUT2D eigenvalue weighted by atomic mass is 32.2. The van der Waals surface area contributed by atoms with E-state index < -0.39 is 39.7 Å². The summed E-state index contributed by atoms with van der Waals surface area (Å²) in [7, 11) is 0. The van der Waals surface area contributed by atoms with Gasteiger partial charge in [0.15, 0.2) is 0 Å². The summed E-state index contributed by atoms with van der Waals surface area (Å²) in [6.07, 6.45) is 0. The molecule has 3 atom stereocenters. The van der Waals surface area contributed by atoms with Gasteiger partial charge in [-0.25, -0.2) is 4.79 Å². The van der Waals surface area contributed by atoms with Gasteiger partial charge in [0.1, 0.15) is 11.4 Å². The van der Waals surface area contributed by atoms with E-state index in [0.29, 0.717) is 0 Å². The van der Waals surface area contributed by atoms with Crippen molar-refractivity contribution >= 4 is 29.6 Å². The first-order chi connectivity index (χ1) is 8.11. The highest BCUT2D eigenvalue weighted by molar-refractivity contribution is 8.01. The number of carboxylic acid groups (broad SMARTS) is 1. The molecule has 0 aromatic carbocycles. The summed E-state index contributed by atoms with van der Waals surface area (Å²) in [4.78, 5) is 35.3. The summed E-state index contributed by atoms with van der Waals surface area (Å²) >= 11 is 1.23. The van der Waals surface area contributed by atoms with Crippen molar-refractivity contribution in [3.8, 4) is 0 Å². The number of hydrogen-bond acceptors (Lipinski definition) is 6. The molecule has 2 aliphatic heterocycles. The third kappa shape index (κ3) is 1.52. The summed E-state index contributed by atoms with van der Waals surface area (Å²) in [5.74, 6) is -2.41. The number of carbonyl (C=O) groups excluding carboxylic acids is 2. The number of thioether (sulfide) groups is 1. The first-order valence-electron chi connectivity index (χ1n) is 5.33. The quantitative estimate of drug-likeness (QED) is 0.391. The molecule has 0 spiro atoms. The number of rotatable bonds is 2. The monoisotopic (exact) mass is 274 g/mol. The number of amides is 1. The highest BCUT2D eigenvalue weighted by Crippen LogP contribution is 2.54. The van der Waals surface area contributed by atoms with Gasteiger partial charge >= 0.3 is 11.9 Å². The molecule has 0 aromatic heterocycles. The minimum absolute atomic E-state index is 0.648. The zero-order valence-corrected chi connectivity index (χ0v) is 11.0. The Bertz CT molecular complexity index is 452. The van der Waals surface area contributed by atoms with Crippen molar-refractivity contribution in [2.75, 3.05) is 0 Å². The maximum Gasteiger partial charge on any atom is 0.327 e. The van der Waals surface area contributed by atoms with Gasteiger partial charge in [0.25, 0.3) is 11.6 Å². The fraction of sp³-hybridized carbons (Fsp3) is 0.700. The lowest BCUT2D eigenvalue weighted by atomic mass is 9.94. The second kappa shape index (κ2) is 3.61. The van der Waals surface area contributed by atoms with Crippen molar-refractivity contribution in [2.24, 2.45) is 5.73 Å². The Kier molecular flexibility index (Phi) is 2.64. The van der Waals surface area contributed by atoms with Gasteiger partial charge < -0.3 is 14.7 Å². The molecule has 0 aliphatic carbocycles. The van der Waals surface area contributed by atoms with Crippen LogP contribution in [-0.4, -0.2) is 49.7 Å². The number of hydrogen-bond donors (Lipinski definition) is 2. The smallest absolute Gasteiger partial charge is 0.327 e. The van der Waals surface area contributed by atoms with Crippen molar-refractivity contribution in [1.82, 2.24) is 4.90 Å². The Hall–Kier alpha value is -1.28. The summed E-state index contributed by atoms with van der Waals surface area (Å²) in [6, 6.07) is -0.966. The zero-order valence-electron chi connectivity index (χ0n) is 10.2. The number of aliphatic carboxylic acids is 1. The van der Waals surface area contributed by atoms with E-state index in [1.54, 1.807) is 13.8 Å². The van der Waals surface area contributed by atoms with Gasteiger partial charge in [0.2, 0.25) is 0 Å². The fourth-order valence-corrected chi connectivity index (χ4v) is 3.96. The van der Waals surface area contributed by atoms with Crippen LogP contribution in [0.1, 0.15) is 20.8 Å². The van der Waals surface area contributed by atoms with Crippen LogP contribution in [-0.2, 0) is 19.1 Å². The van der Waals surface area contributed by atoms with E-state index in [-0.39, 0.29) is 0 Å². The second-order valence-corrected chi connectivity index (χ2v) is 6.65. The topological polar surface area (TPSA) is 110 Å². The zero-order chi connectivity index (χ0) is 13.9. The van der Waals surface area contributed by atoms with Gasteiger partial charge in [0.05, 0.1) is 0 Å². The molecule has 2 aliphatic rings. The van der Waals surface area contributed by atoms with Crippen molar-refractivity contribution in [1.29, 1.82) is 0 Å². The normalized spacial score (nSPS) is 36.9. The lowest BCUT2D eigenvalue weighted by Gasteiger charge is -2.48. The average Bonchev–Trinajstić information content (AvgIpc) is 2.47. The Labute approximate surface area is 108 Å². The predicted molar refractivity (Wildman–Crippen MR) is 62.4 cm³/mol. The highest BCUT2D eigenvalue weighted by Gasteiger charge is 2.72. The van der Waals surface area contributed by atoms with E-state index in [0.717, 1.165) is 6.92 Å². The van der Waals surface area contributed by atoms with Crippen LogP contribution in [0.4, 0.5) is 0 Å². The number of esters is 1. The van der Waals surface area contributed by atoms with Gasteiger partial charge in [0, 0.05) is 11.7 Å². The van der Waals surface area contributed by atoms with Crippen LogP contribution in [0.5, 0.6) is 0 Å². The largest absolute Gasteiger partial charge is 0.480 e. The predicted octanol–water partition coefficient (Wildman–Crippen LogP) is -0.649. The van der Waals surface area contributed by atoms with E-state index in [1.165, 1.54) is 16.7 Å². The molecule has 0 aromatic rings. The van der Waals surface area contributed by atoms with E-state index >= 15 is 0 Å². The van der Waals surface area contributed by atoms with Crippen LogP contribution >= 0.6 is 11.8 Å². The van der Waals surface area contributed by atoms with Crippen LogP contribution in [0.2, 0.25) is 0 Å². The summed E-state index contributed by atoms with van der Waals surface area (Å²) in [5, 5.41) is 8.54. The van der Waals surface area contributed by atoms with Crippen LogP contribution in [0, 0.1) is 0 Å². The van der Waals surface area contributed by atoms with E-state index in [4.69, 9.17) is 10.5 Å². The molecule has 7 nitrogen and oxygen atoms in total. The van der Waals surface area contributed by atoms with Crippen LogP contribution in [0.25, 0.3) is 0 Å². The second-order valence-electron chi connectivity index (χ2n) is 4.91. The fourth-order valence-electron chi connectivity index (χ4n) is 2.39. The Balaban J connectivity index is 2.32. The molecule has 100 valence electrons. The van der Waals surface area contributed by atoms with E-state index in [2.05, 4.69) is 0 Å². The van der Waals surface area contributed by atoms with Gasteiger partial charge in [-0.2, -0.15) is 0 Å². The standard InChI is InChI=1S/C10H14N2O5S/c1-4(13)17-10(11)7(16)12-5(6(14)15)9(2,3)18-8(10)12/h5,8H,11H2,1-3H3,(H,14,15)/t5-,8+,10?/m0/s1. The summed E-state index contributed by atoms with van der Waals surface area (Å²) in [6.45, 7) is 4.59. The first kappa shape index (κ1) is 13.2. The molecule has 0 bridgehead atoms. The summed E-state index contributed by atoms with van der Waals surface area (Å²) < 4.78 is 4.17. The third-order valence-electron chi connectivity index (χ3n) is 3.09. The van der Waals surface area contributed by atoms with Gasteiger partial charge in [-0.15, -0.1) is 11.8 Å². The van der Waals surface area contributed by atoms with E-state index in [1.807, 2.05) is 0 Å². The minimum atomic E-state index is -1.74. The third-order valence-corrected chi connectivity index (χ3v) is 4.72. The number of carbonyl (C=O) groups is 3. The lowest BCUT2D eigenvalue weighted by Crippen LogP contribution is -2.79. The van der Waals surface area contributed by atoms with Crippen LogP contribution in [0.3, 0.4) is 0 Å². The minimum Gasteiger partial charge on any atom is -0.480 e. The molecular formula is C10H14N2O5S. The molecule has 2 fully saturated rings. The molecular weight excluding hydrogens is 260 g/mol. The molecule has 1 unspecified atom stereocenters. The van der Waals surface area contributed by atoms with Gasteiger partial charge in [-0.1, -0.05) is 0 Å². The maximum absolute atomic E-state index is 12.0. The first-order valence-corrected chi connectivity index (χ1v) is 6.21. The van der Waals surface area contributed by atoms with Crippen molar-refractivity contribution in [3.05, 3.63) is 0 Å². The molecule has 3 N–H and O–H groups in total. The SMILES string of the molecule is CC(=O)OC1(N)C(=O)N2[C@@H](C(=O)O)C(C)(C)S[C@@H]21. The molecule has 0 radical (unpaired) electrons. The molecule has 18 heavy (non-hydrogen) atoms. The van der Waals surface area contributed by atoms with Crippen molar-refractivity contribution in [3.63, 3.8) is 0 Å². The lowest BCUT2D eigenvalue weighted by molar-refractivity contribution is -0.200. The number of nitrogens with two attached hydrogens (primary N) is 1. The van der Waals surface area contributed by atoms with E-state index in [9.17, 15) is 19.5 Å². The number of β-lactam (4-membered cyclic amide) rings is 1. The van der Waals surface area contributed by atoms with Crippen LogP contribution in [0.15, 0.2) is 0 Å². The Morgan fingerprint density at radius 2 is 2.06 bits per heavy atom. The molecule has 8 heteroatoms.